The van der Waals surface area contributed by atoms with Crippen molar-refractivity contribution < 1.29 is 9.59 Å². The van der Waals surface area contributed by atoms with Crippen molar-refractivity contribution >= 4 is 51.7 Å². The van der Waals surface area contributed by atoms with Gasteiger partial charge in [-0.05, 0) is 49.7 Å². The molecule has 8 heteroatoms. The smallest absolute Gasteiger partial charge is 0.267 e. The summed E-state index contributed by atoms with van der Waals surface area (Å²) in [7, 11) is 0. The highest BCUT2D eigenvalue weighted by Gasteiger charge is 2.40. The van der Waals surface area contributed by atoms with Crippen LogP contribution >= 0.6 is 23.2 Å². The summed E-state index contributed by atoms with van der Waals surface area (Å²) in [5, 5.41) is 5.77. The number of carbonyl (C=O) groups is 2. The fourth-order valence-corrected chi connectivity index (χ4v) is 4.05. The summed E-state index contributed by atoms with van der Waals surface area (Å²) in [6.45, 7) is 3.79. The van der Waals surface area contributed by atoms with Crippen molar-refractivity contribution in [1.29, 1.82) is 0 Å². The Morgan fingerprint density at radius 3 is 2.43 bits per heavy atom. The Bertz CT molecular complexity index is 1390. The Balaban J connectivity index is 1.71. The Morgan fingerprint density at radius 2 is 1.70 bits per heavy atom. The molecule has 5 rings (SSSR count). The molecule has 0 aliphatic carbocycles. The zero-order valence-corrected chi connectivity index (χ0v) is 17.5. The van der Waals surface area contributed by atoms with Crippen molar-refractivity contribution in [1.82, 2.24) is 14.8 Å². The van der Waals surface area contributed by atoms with E-state index in [4.69, 9.17) is 23.2 Å². The normalized spacial score (nSPS) is 13.4. The molecule has 148 valence electrons. The van der Waals surface area contributed by atoms with Crippen molar-refractivity contribution in [3.8, 4) is 5.69 Å². The van der Waals surface area contributed by atoms with Gasteiger partial charge in [0, 0.05) is 6.20 Å². The molecule has 2 amide bonds. The molecular formula is C22H14Cl2N4O2. The second-order valence-corrected chi connectivity index (χ2v) is 7.94. The number of pyridine rings is 1. The van der Waals surface area contributed by atoms with E-state index in [-0.39, 0.29) is 10.6 Å². The van der Waals surface area contributed by atoms with Crippen LogP contribution in [0.4, 0.5) is 5.69 Å². The average molecular weight is 437 g/mol. The first-order valence-corrected chi connectivity index (χ1v) is 9.91. The second kappa shape index (κ2) is 6.65. The molecule has 2 aromatic carbocycles. The molecule has 6 nitrogen and oxygen atoms in total. The fourth-order valence-electron chi connectivity index (χ4n) is 3.76. The van der Waals surface area contributed by atoms with Crippen LogP contribution in [0.3, 0.4) is 0 Å². The summed E-state index contributed by atoms with van der Waals surface area (Å²) >= 11 is 12.1. The van der Waals surface area contributed by atoms with Crippen LogP contribution in [0.25, 0.3) is 16.7 Å². The molecule has 0 fully saturated rings. The third-order valence-corrected chi connectivity index (χ3v) is 5.87. The van der Waals surface area contributed by atoms with Crippen molar-refractivity contribution in [3.63, 3.8) is 0 Å². The molecule has 0 unspecified atom stereocenters. The van der Waals surface area contributed by atoms with Gasteiger partial charge >= 0.3 is 0 Å². The van der Waals surface area contributed by atoms with Gasteiger partial charge in [-0.15, -0.1) is 0 Å². The number of imide groups is 1. The number of anilines is 1. The number of amides is 2. The zero-order chi connectivity index (χ0) is 21.2. The highest BCUT2D eigenvalue weighted by Crippen LogP contribution is 2.36. The minimum atomic E-state index is -0.453. The van der Waals surface area contributed by atoms with Gasteiger partial charge in [0.25, 0.3) is 11.8 Å². The first-order valence-electron chi connectivity index (χ1n) is 9.16. The summed E-state index contributed by atoms with van der Waals surface area (Å²) in [4.78, 5) is 31.9. The van der Waals surface area contributed by atoms with Gasteiger partial charge in [-0.3, -0.25) is 9.59 Å². The number of aromatic nitrogens is 3. The molecule has 2 aromatic heterocycles. The molecule has 0 atom stereocenters. The van der Waals surface area contributed by atoms with Crippen molar-refractivity contribution in [3.05, 3.63) is 81.1 Å². The molecule has 0 N–H and O–H groups in total. The second-order valence-electron chi connectivity index (χ2n) is 7.13. The Morgan fingerprint density at radius 1 is 0.900 bits per heavy atom. The largest absolute Gasteiger partial charge is 0.268 e. The van der Waals surface area contributed by atoms with E-state index in [2.05, 4.69) is 10.1 Å². The predicted molar refractivity (Wildman–Crippen MR) is 116 cm³/mol. The van der Waals surface area contributed by atoms with Gasteiger partial charge in [-0.2, -0.15) is 5.10 Å². The van der Waals surface area contributed by atoms with Gasteiger partial charge in [0.2, 0.25) is 0 Å². The molecule has 3 heterocycles. The minimum absolute atomic E-state index is 0.241. The predicted octanol–water partition coefficient (Wildman–Crippen LogP) is 5.14. The third-order valence-electron chi connectivity index (χ3n) is 5.13. The first-order chi connectivity index (χ1) is 14.4. The highest BCUT2D eigenvalue weighted by molar-refractivity contribution is 6.43. The van der Waals surface area contributed by atoms with Gasteiger partial charge in [-0.1, -0.05) is 35.3 Å². The molecule has 0 saturated heterocycles. The van der Waals surface area contributed by atoms with Crippen LogP contribution < -0.4 is 4.90 Å². The van der Waals surface area contributed by atoms with Crippen LogP contribution in [0.1, 0.15) is 32.0 Å². The quantitative estimate of drug-likeness (QED) is 0.407. The van der Waals surface area contributed by atoms with E-state index in [1.807, 2.05) is 31.2 Å². The molecule has 1 aliphatic rings. The number of aryl methyl sites for hydroxylation is 2. The van der Waals surface area contributed by atoms with E-state index in [0.29, 0.717) is 33.0 Å². The number of fused-ring (bicyclic) bond motifs is 3. The van der Waals surface area contributed by atoms with Crippen LogP contribution in [0.5, 0.6) is 0 Å². The molecule has 0 bridgehead atoms. The van der Waals surface area contributed by atoms with Crippen molar-refractivity contribution in [2.75, 3.05) is 4.90 Å². The molecule has 0 radical (unpaired) electrons. The summed E-state index contributed by atoms with van der Waals surface area (Å²) < 4.78 is 1.69. The summed E-state index contributed by atoms with van der Waals surface area (Å²) in [5.74, 6) is -0.891. The van der Waals surface area contributed by atoms with E-state index in [0.717, 1.165) is 16.2 Å². The summed E-state index contributed by atoms with van der Waals surface area (Å²) in [6, 6.07) is 12.5. The molecule has 30 heavy (non-hydrogen) atoms. The van der Waals surface area contributed by atoms with E-state index in [1.165, 1.54) is 12.3 Å². The molecule has 4 aromatic rings. The maximum atomic E-state index is 13.3. The standard InChI is InChI=1S/C22H14Cl2N4O2/c1-11-4-3-5-14(8-11)28-20-18(12(2)26-28)19-15(10-25-20)21(29)27(22(19)30)13-6-7-16(23)17(24)9-13/h3-10H,1-2H3. The molecule has 0 saturated carbocycles. The number of hydrogen-bond acceptors (Lipinski definition) is 4. The number of carbonyl (C=O) groups excluding carboxylic acids is 2. The molecule has 0 spiro atoms. The Labute approximate surface area is 181 Å². The number of benzene rings is 2. The topological polar surface area (TPSA) is 68.1 Å². The van der Waals surface area contributed by atoms with Gasteiger partial charge in [0.1, 0.15) is 0 Å². The lowest BCUT2D eigenvalue weighted by Gasteiger charge is -2.14. The summed E-state index contributed by atoms with van der Waals surface area (Å²) in [6.07, 6.45) is 1.43. The van der Waals surface area contributed by atoms with Crippen LogP contribution in [0.2, 0.25) is 10.0 Å². The lowest BCUT2D eigenvalue weighted by Crippen LogP contribution is -2.29. The monoisotopic (exact) mass is 436 g/mol. The van der Waals surface area contributed by atoms with Crippen molar-refractivity contribution in [2.45, 2.75) is 13.8 Å². The maximum Gasteiger partial charge on any atom is 0.267 e. The summed E-state index contributed by atoms with van der Waals surface area (Å²) in [5.41, 5.74) is 3.94. The SMILES string of the molecule is Cc1cccc(-n2nc(C)c3c4c(cnc32)C(=O)N(c2ccc(Cl)c(Cl)c2)C4=O)c1. The third kappa shape index (κ3) is 2.65. The highest BCUT2D eigenvalue weighted by atomic mass is 35.5. The van der Waals surface area contributed by atoms with E-state index in [9.17, 15) is 9.59 Å². The number of halogens is 2. The average Bonchev–Trinajstić information content (AvgIpc) is 3.18. The zero-order valence-electron chi connectivity index (χ0n) is 16.0. The van der Waals surface area contributed by atoms with Crippen molar-refractivity contribution in [2.24, 2.45) is 0 Å². The van der Waals surface area contributed by atoms with Gasteiger partial charge in [0.15, 0.2) is 5.65 Å². The lowest BCUT2D eigenvalue weighted by molar-refractivity contribution is 0.0926. The van der Waals surface area contributed by atoms with Crippen LogP contribution in [0, 0.1) is 13.8 Å². The number of rotatable bonds is 2. The first kappa shape index (κ1) is 18.8. The number of nitrogens with zero attached hydrogens (tertiary/aromatic N) is 4. The van der Waals surface area contributed by atoms with E-state index >= 15 is 0 Å². The Hall–Kier alpha value is -3.22. The molecular weight excluding hydrogens is 423 g/mol. The van der Waals surface area contributed by atoms with Gasteiger partial charge < -0.3 is 0 Å². The van der Waals surface area contributed by atoms with Gasteiger partial charge in [-0.25, -0.2) is 14.6 Å². The maximum absolute atomic E-state index is 13.3. The van der Waals surface area contributed by atoms with E-state index in [1.54, 1.807) is 23.7 Å². The minimum Gasteiger partial charge on any atom is -0.268 e. The molecule has 1 aliphatic heterocycles. The number of hydrogen-bond donors (Lipinski definition) is 0. The fraction of sp³-hybridized carbons (Fsp3) is 0.0909. The Kier molecular flexibility index (Phi) is 4.17. The van der Waals surface area contributed by atoms with Crippen LogP contribution in [-0.2, 0) is 0 Å². The van der Waals surface area contributed by atoms with Gasteiger partial charge in [0.05, 0.1) is 43.6 Å². The lowest BCUT2D eigenvalue weighted by atomic mass is 10.1. The van der Waals surface area contributed by atoms with Crippen LogP contribution in [0.15, 0.2) is 48.7 Å². The van der Waals surface area contributed by atoms with E-state index < -0.39 is 11.8 Å². The van der Waals surface area contributed by atoms with Crippen LogP contribution in [-0.4, -0.2) is 26.6 Å².